The van der Waals surface area contributed by atoms with Gasteiger partial charge in [0.05, 0.1) is 12.8 Å². The molecule has 2 atom stereocenters. The van der Waals surface area contributed by atoms with Crippen LogP contribution in [0.1, 0.15) is 25.7 Å². The number of methoxy groups -OCH3 is 1. The maximum atomic E-state index is 12.4. The molecule has 1 aromatic heterocycles. The molecule has 2 unspecified atom stereocenters. The summed E-state index contributed by atoms with van der Waals surface area (Å²) in [4.78, 5) is 16.9. The van der Waals surface area contributed by atoms with Gasteiger partial charge in [0.1, 0.15) is 5.75 Å². The minimum Gasteiger partial charge on any atom is -0.496 e. The van der Waals surface area contributed by atoms with Crippen molar-refractivity contribution < 1.29 is 9.53 Å². The zero-order valence-electron chi connectivity index (χ0n) is 13.1. The smallest absolute Gasteiger partial charge is 0.229 e. The van der Waals surface area contributed by atoms with Gasteiger partial charge in [-0.25, -0.2) is 4.98 Å². The highest BCUT2D eigenvalue weighted by Gasteiger charge is 2.26. The molecule has 3 N–H and O–H groups in total. The number of benzene rings is 1. The Hall–Kier alpha value is -1.92. The monoisotopic (exact) mass is 331 g/mol. The number of anilines is 1. The first-order chi connectivity index (χ1) is 11.2. The number of nitrogens with zero attached hydrogens (tertiary/aromatic N) is 1. The van der Waals surface area contributed by atoms with E-state index in [1.165, 1.54) is 11.3 Å². The van der Waals surface area contributed by atoms with E-state index >= 15 is 0 Å². The number of nitrogens with two attached hydrogens (primary N) is 1. The third kappa shape index (κ3) is 3.71. The molecule has 122 valence electrons. The lowest BCUT2D eigenvalue weighted by Crippen LogP contribution is -2.34. The van der Waals surface area contributed by atoms with Gasteiger partial charge in [-0.2, -0.15) is 0 Å². The van der Waals surface area contributed by atoms with Crippen LogP contribution in [0.2, 0.25) is 0 Å². The van der Waals surface area contributed by atoms with Crippen LogP contribution in [-0.4, -0.2) is 24.0 Å². The predicted molar refractivity (Wildman–Crippen MR) is 92.7 cm³/mol. The number of amides is 1. The van der Waals surface area contributed by atoms with Crippen molar-refractivity contribution >= 4 is 22.4 Å². The lowest BCUT2D eigenvalue weighted by Gasteiger charge is -2.25. The van der Waals surface area contributed by atoms with Gasteiger partial charge in [-0.1, -0.05) is 18.6 Å². The van der Waals surface area contributed by atoms with Crippen LogP contribution in [0.5, 0.6) is 5.75 Å². The summed E-state index contributed by atoms with van der Waals surface area (Å²) in [6.45, 7) is 0. The Kier molecular flexibility index (Phi) is 4.93. The standard InChI is InChI=1S/C17H21N3O2S/c1-22-15-8-3-2-7-13(15)14-10-23-17(19-14)20-16(21)11-5-4-6-12(18)9-11/h2-3,7-8,10-12H,4-6,9,18H2,1H3,(H,19,20,21). The lowest BCUT2D eigenvalue weighted by atomic mass is 9.86. The van der Waals surface area contributed by atoms with Gasteiger partial charge in [0.25, 0.3) is 0 Å². The Morgan fingerprint density at radius 3 is 3.00 bits per heavy atom. The van der Waals surface area contributed by atoms with E-state index in [0.717, 1.165) is 42.7 Å². The van der Waals surface area contributed by atoms with Gasteiger partial charge in [0, 0.05) is 22.9 Å². The average Bonchev–Trinajstić information content (AvgIpc) is 3.03. The summed E-state index contributed by atoms with van der Waals surface area (Å²) in [5.41, 5.74) is 7.69. The molecule has 0 aliphatic heterocycles. The molecule has 1 saturated carbocycles. The van der Waals surface area contributed by atoms with Gasteiger partial charge in [-0.05, 0) is 31.4 Å². The van der Waals surface area contributed by atoms with Crippen molar-refractivity contribution in [3.05, 3.63) is 29.6 Å². The largest absolute Gasteiger partial charge is 0.496 e. The molecule has 0 radical (unpaired) electrons. The van der Waals surface area contributed by atoms with Gasteiger partial charge in [-0.3, -0.25) is 4.79 Å². The molecule has 0 bridgehead atoms. The fourth-order valence-electron chi connectivity index (χ4n) is 2.98. The van der Waals surface area contributed by atoms with Crippen LogP contribution >= 0.6 is 11.3 Å². The van der Waals surface area contributed by atoms with E-state index < -0.39 is 0 Å². The minimum atomic E-state index is -0.00244. The summed E-state index contributed by atoms with van der Waals surface area (Å²) in [6, 6.07) is 7.86. The van der Waals surface area contributed by atoms with E-state index in [0.29, 0.717) is 5.13 Å². The molecular weight excluding hydrogens is 310 g/mol. The first-order valence-corrected chi connectivity index (χ1v) is 8.70. The van der Waals surface area contributed by atoms with Crippen molar-refractivity contribution in [2.24, 2.45) is 11.7 Å². The molecule has 6 heteroatoms. The van der Waals surface area contributed by atoms with Gasteiger partial charge in [0.15, 0.2) is 5.13 Å². The molecule has 0 spiro atoms. The number of nitrogens with one attached hydrogen (secondary N) is 1. The second-order valence-corrected chi connectivity index (χ2v) is 6.71. The third-order valence-electron chi connectivity index (χ3n) is 4.20. The van der Waals surface area contributed by atoms with E-state index in [-0.39, 0.29) is 17.9 Å². The van der Waals surface area contributed by atoms with E-state index in [9.17, 15) is 4.79 Å². The molecule has 1 heterocycles. The van der Waals surface area contributed by atoms with Crippen LogP contribution in [0.15, 0.2) is 29.6 Å². The van der Waals surface area contributed by atoms with Crippen molar-refractivity contribution in [1.82, 2.24) is 4.98 Å². The van der Waals surface area contributed by atoms with Crippen LogP contribution in [0.3, 0.4) is 0 Å². The number of aromatic nitrogens is 1. The highest BCUT2D eigenvalue weighted by molar-refractivity contribution is 7.14. The third-order valence-corrected chi connectivity index (χ3v) is 4.96. The van der Waals surface area contributed by atoms with E-state index in [1.54, 1.807) is 7.11 Å². The lowest BCUT2D eigenvalue weighted by molar-refractivity contribution is -0.120. The molecule has 2 aromatic rings. The second-order valence-electron chi connectivity index (χ2n) is 5.85. The number of carbonyl (C=O) groups excluding carboxylic acids is 1. The van der Waals surface area contributed by atoms with E-state index in [1.807, 2.05) is 29.6 Å². The van der Waals surface area contributed by atoms with Gasteiger partial charge in [0.2, 0.25) is 5.91 Å². The predicted octanol–water partition coefficient (Wildman–Crippen LogP) is 3.27. The van der Waals surface area contributed by atoms with Crippen LogP contribution in [-0.2, 0) is 4.79 Å². The van der Waals surface area contributed by atoms with Crippen molar-refractivity contribution in [2.75, 3.05) is 12.4 Å². The molecule has 23 heavy (non-hydrogen) atoms. The van der Waals surface area contributed by atoms with Crippen molar-refractivity contribution in [3.63, 3.8) is 0 Å². The van der Waals surface area contributed by atoms with Gasteiger partial charge < -0.3 is 15.8 Å². The second kappa shape index (κ2) is 7.10. The van der Waals surface area contributed by atoms with Crippen LogP contribution in [0, 0.1) is 5.92 Å². The Morgan fingerprint density at radius 1 is 1.39 bits per heavy atom. The fraction of sp³-hybridized carbons (Fsp3) is 0.412. The number of para-hydroxylation sites is 1. The Labute approximate surface area is 139 Å². The summed E-state index contributed by atoms with van der Waals surface area (Å²) >= 11 is 1.43. The number of hydrogen-bond acceptors (Lipinski definition) is 5. The highest BCUT2D eigenvalue weighted by atomic mass is 32.1. The molecule has 1 amide bonds. The molecule has 0 saturated heterocycles. The number of rotatable bonds is 4. The number of hydrogen-bond donors (Lipinski definition) is 2. The fourth-order valence-corrected chi connectivity index (χ4v) is 3.70. The average molecular weight is 331 g/mol. The minimum absolute atomic E-state index is 0.00244. The highest BCUT2D eigenvalue weighted by Crippen LogP contribution is 2.32. The normalized spacial score (nSPS) is 21.0. The van der Waals surface area contributed by atoms with Crippen LogP contribution < -0.4 is 15.8 Å². The van der Waals surface area contributed by atoms with Gasteiger partial charge >= 0.3 is 0 Å². The maximum absolute atomic E-state index is 12.4. The SMILES string of the molecule is COc1ccccc1-c1csc(NC(=O)C2CCCC(N)C2)n1. The first-order valence-electron chi connectivity index (χ1n) is 7.82. The van der Waals surface area contributed by atoms with Crippen molar-refractivity contribution in [3.8, 4) is 17.0 Å². The van der Waals surface area contributed by atoms with Crippen molar-refractivity contribution in [1.29, 1.82) is 0 Å². The van der Waals surface area contributed by atoms with Crippen molar-refractivity contribution in [2.45, 2.75) is 31.7 Å². The van der Waals surface area contributed by atoms with Crippen LogP contribution in [0.4, 0.5) is 5.13 Å². The maximum Gasteiger partial charge on any atom is 0.229 e. The Balaban J connectivity index is 1.71. The Morgan fingerprint density at radius 2 is 2.22 bits per heavy atom. The van der Waals surface area contributed by atoms with E-state index in [4.69, 9.17) is 10.5 Å². The molecule has 1 aliphatic carbocycles. The molecular formula is C17H21N3O2S. The number of thiazole rings is 1. The summed E-state index contributed by atoms with van der Waals surface area (Å²) in [6.07, 6.45) is 3.70. The Bertz CT molecular complexity index is 686. The number of ether oxygens (including phenoxy) is 1. The summed E-state index contributed by atoms with van der Waals surface area (Å²) in [5.74, 6) is 0.798. The topological polar surface area (TPSA) is 77.2 Å². The summed E-state index contributed by atoms with van der Waals surface area (Å²) in [7, 11) is 1.64. The molecule has 1 fully saturated rings. The molecule has 3 rings (SSSR count). The zero-order valence-corrected chi connectivity index (χ0v) is 13.9. The molecule has 1 aromatic carbocycles. The van der Waals surface area contributed by atoms with Crippen LogP contribution in [0.25, 0.3) is 11.3 Å². The quantitative estimate of drug-likeness (QED) is 0.901. The summed E-state index contributed by atoms with van der Waals surface area (Å²) in [5, 5.41) is 5.48. The number of carbonyl (C=O) groups is 1. The van der Waals surface area contributed by atoms with Gasteiger partial charge in [-0.15, -0.1) is 11.3 Å². The summed E-state index contributed by atoms with van der Waals surface area (Å²) < 4.78 is 5.36. The molecule has 1 aliphatic rings. The first kappa shape index (κ1) is 16.0. The zero-order chi connectivity index (χ0) is 16.2. The van der Waals surface area contributed by atoms with E-state index in [2.05, 4.69) is 10.3 Å². The molecule has 5 nitrogen and oxygen atoms in total.